The van der Waals surface area contributed by atoms with Gasteiger partial charge in [-0.2, -0.15) is 0 Å². The van der Waals surface area contributed by atoms with Gasteiger partial charge in [0, 0.05) is 0 Å². The van der Waals surface area contributed by atoms with Crippen LogP contribution >= 0.6 is 0 Å². The Balaban J connectivity index is 4.05. The highest BCUT2D eigenvalue weighted by molar-refractivity contribution is 5.80. The number of nitrogens with zero attached hydrogens (tertiary/aromatic N) is 1. The Hall–Kier alpha value is -0.610. The molecule has 0 saturated carbocycles. The van der Waals surface area contributed by atoms with Gasteiger partial charge in [-0.05, 0) is 71.6 Å². The van der Waals surface area contributed by atoms with Gasteiger partial charge >= 0.3 is 5.97 Å². The van der Waals surface area contributed by atoms with Crippen molar-refractivity contribution in [2.75, 3.05) is 33.8 Å². The van der Waals surface area contributed by atoms with Crippen LogP contribution in [-0.4, -0.2) is 50.2 Å². The second kappa shape index (κ2) is 11.0. The van der Waals surface area contributed by atoms with Gasteiger partial charge in [0.2, 0.25) is 0 Å². The molecule has 1 atom stereocenters. The maximum atomic E-state index is 11.9. The van der Waals surface area contributed by atoms with Gasteiger partial charge in [0.15, 0.2) is 0 Å². The molecule has 0 aromatic rings. The Bertz CT molecular complexity index is 282. The van der Waals surface area contributed by atoms with Crippen LogP contribution in [0.5, 0.6) is 0 Å². The van der Waals surface area contributed by atoms with Gasteiger partial charge in [-0.15, -0.1) is 0 Å². The summed E-state index contributed by atoms with van der Waals surface area (Å²) in [5.74, 6) is 0.609. The molecule has 1 unspecified atom stereocenters. The monoisotopic (exact) mass is 300 g/mol. The molecule has 21 heavy (non-hydrogen) atoms. The van der Waals surface area contributed by atoms with E-state index in [0.717, 1.165) is 51.2 Å². The standard InChI is InChI=1S/C17H36N2O2/c1-7-12-18-17(4,16(20)21-6)11-8-9-13-19(5)14-10-15(2)3/h15,18H,7-14H2,1-6H3. The molecule has 0 aromatic carbocycles. The summed E-state index contributed by atoms with van der Waals surface area (Å²) in [6.07, 6.45) is 5.25. The van der Waals surface area contributed by atoms with Gasteiger partial charge in [0.25, 0.3) is 0 Å². The maximum Gasteiger partial charge on any atom is 0.325 e. The van der Waals surface area contributed by atoms with Crippen molar-refractivity contribution in [2.24, 2.45) is 5.92 Å². The molecule has 0 fully saturated rings. The van der Waals surface area contributed by atoms with E-state index in [9.17, 15) is 4.79 Å². The van der Waals surface area contributed by atoms with Gasteiger partial charge in [-0.1, -0.05) is 20.8 Å². The number of rotatable bonds is 12. The van der Waals surface area contributed by atoms with Gasteiger partial charge in [-0.25, -0.2) is 0 Å². The second-order valence-electron chi connectivity index (χ2n) is 6.69. The summed E-state index contributed by atoms with van der Waals surface area (Å²) in [5.41, 5.74) is -0.540. The summed E-state index contributed by atoms with van der Waals surface area (Å²) in [6, 6.07) is 0. The number of hydrogen-bond donors (Lipinski definition) is 1. The minimum Gasteiger partial charge on any atom is -0.468 e. The van der Waals surface area contributed by atoms with Crippen molar-refractivity contribution < 1.29 is 9.53 Å². The Morgan fingerprint density at radius 3 is 2.48 bits per heavy atom. The molecule has 0 aromatic heterocycles. The first-order valence-electron chi connectivity index (χ1n) is 8.37. The highest BCUT2D eigenvalue weighted by Crippen LogP contribution is 2.16. The van der Waals surface area contributed by atoms with E-state index in [0.29, 0.717) is 0 Å². The molecule has 1 N–H and O–H groups in total. The van der Waals surface area contributed by atoms with Crippen molar-refractivity contribution in [3.8, 4) is 0 Å². The lowest BCUT2D eigenvalue weighted by molar-refractivity contribution is -0.148. The summed E-state index contributed by atoms with van der Waals surface area (Å²) < 4.78 is 4.94. The highest BCUT2D eigenvalue weighted by atomic mass is 16.5. The highest BCUT2D eigenvalue weighted by Gasteiger charge is 2.32. The first-order valence-corrected chi connectivity index (χ1v) is 8.37. The van der Waals surface area contributed by atoms with Crippen molar-refractivity contribution in [3.63, 3.8) is 0 Å². The Kier molecular flexibility index (Phi) is 10.7. The van der Waals surface area contributed by atoms with E-state index in [1.807, 2.05) is 6.92 Å². The van der Waals surface area contributed by atoms with E-state index in [2.05, 4.69) is 38.0 Å². The summed E-state index contributed by atoms with van der Waals surface area (Å²) in [6.45, 7) is 11.7. The summed E-state index contributed by atoms with van der Waals surface area (Å²) >= 11 is 0. The van der Waals surface area contributed by atoms with E-state index in [4.69, 9.17) is 4.74 Å². The van der Waals surface area contributed by atoms with Crippen molar-refractivity contribution in [2.45, 2.75) is 65.3 Å². The van der Waals surface area contributed by atoms with E-state index in [1.165, 1.54) is 13.5 Å². The van der Waals surface area contributed by atoms with Gasteiger partial charge < -0.3 is 15.0 Å². The molecule has 0 amide bonds. The Morgan fingerprint density at radius 1 is 1.29 bits per heavy atom. The smallest absolute Gasteiger partial charge is 0.325 e. The third-order valence-electron chi connectivity index (χ3n) is 3.96. The van der Waals surface area contributed by atoms with Crippen molar-refractivity contribution in [1.82, 2.24) is 10.2 Å². The lowest BCUT2D eigenvalue weighted by Crippen LogP contribution is -2.50. The fourth-order valence-corrected chi connectivity index (χ4v) is 2.34. The number of carbonyl (C=O) groups is 1. The third kappa shape index (κ3) is 9.10. The molecule has 0 heterocycles. The van der Waals surface area contributed by atoms with Crippen LogP contribution in [0, 0.1) is 5.92 Å². The normalized spacial score (nSPS) is 14.5. The van der Waals surface area contributed by atoms with Crippen molar-refractivity contribution >= 4 is 5.97 Å². The number of unbranched alkanes of at least 4 members (excludes halogenated alkanes) is 1. The first-order chi connectivity index (χ1) is 9.85. The number of nitrogens with one attached hydrogen (secondary N) is 1. The van der Waals surface area contributed by atoms with E-state index in [-0.39, 0.29) is 5.97 Å². The van der Waals surface area contributed by atoms with Crippen LogP contribution in [0.3, 0.4) is 0 Å². The quantitative estimate of drug-likeness (QED) is 0.444. The number of ether oxygens (including phenoxy) is 1. The SMILES string of the molecule is CCCNC(C)(CCCCN(C)CCC(C)C)C(=O)OC. The zero-order valence-electron chi connectivity index (χ0n) is 15.0. The molecule has 4 heteroatoms. The molecule has 0 spiro atoms. The molecule has 0 rings (SSSR count). The van der Waals surface area contributed by atoms with Crippen molar-refractivity contribution in [3.05, 3.63) is 0 Å². The van der Waals surface area contributed by atoms with Crippen LogP contribution in [0.4, 0.5) is 0 Å². The largest absolute Gasteiger partial charge is 0.468 e. The van der Waals surface area contributed by atoms with Crippen LogP contribution < -0.4 is 5.32 Å². The first kappa shape index (κ1) is 20.4. The molecule has 0 radical (unpaired) electrons. The molecule has 126 valence electrons. The Labute approximate surface area is 131 Å². The third-order valence-corrected chi connectivity index (χ3v) is 3.96. The van der Waals surface area contributed by atoms with E-state index >= 15 is 0 Å². The zero-order valence-corrected chi connectivity index (χ0v) is 15.0. The van der Waals surface area contributed by atoms with Crippen molar-refractivity contribution in [1.29, 1.82) is 0 Å². The Morgan fingerprint density at radius 2 is 1.95 bits per heavy atom. The summed E-state index contributed by atoms with van der Waals surface area (Å²) in [5, 5.41) is 3.34. The number of hydrogen-bond acceptors (Lipinski definition) is 4. The summed E-state index contributed by atoms with van der Waals surface area (Å²) in [4.78, 5) is 14.3. The fraction of sp³-hybridized carbons (Fsp3) is 0.941. The topological polar surface area (TPSA) is 41.6 Å². The molecule has 0 aliphatic heterocycles. The second-order valence-corrected chi connectivity index (χ2v) is 6.69. The van der Waals surface area contributed by atoms with Crippen LogP contribution in [0.25, 0.3) is 0 Å². The van der Waals surface area contributed by atoms with Crippen LogP contribution in [0.15, 0.2) is 0 Å². The number of carbonyl (C=O) groups excluding carboxylic acids is 1. The lowest BCUT2D eigenvalue weighted by atomic mass is 9.94. The molecule has 0 bridgehead atoms. The lowest BCUT2D eigenvalue weighted by Gasteiger charge is -2.28. The van der Waals surface area contributed by atoms with Crippen LogP contribution in [-0.2, 0) is 9.53 Å². The van der Waals surface area contributed by atoms with E-state index < -0.39 is 5.54 Å². The molecular formula is C17H36N2O2. The minimum absolute atomic E-state index is 0.149. The molecule has 0 aliphatic rings. The van der Waals surface area contributed by atoms with Gasteiger partial charge in [0.05, 0.1) is 7.11 Å². The molecule has 0 aliphatic carbocycles. The predicted octanol–water partition coefficient (Wildman–Crippen LogP) is 3.07. The summed E-state index contributed by atoms with van der Waals surface area (Å²) in [7, 11) is 3.64. The number of methoxy groups -OCH3 is 1. The average Bonchev–Trinajstić information content (AvgIpc) is 2.46. The maximum absolute atomic E-state index is 11.9. The fourth-order valence-electron chi connectivity index (χ4n) is 2.34. The minimum atomic E-state index is -0.540. The molecular weight excluding hydrogens is 264 g/mol. The molecule has 0 saturated heterocycles. The van der Waals surface area contributed by atoms with E-state index in [1.54, 1.807) is 0 Å². The number of esters is 1. The van der Waals surface area contributed by atoms with Gasteiger partial charge in [0.1, 0.15) is 5.54 Å². The molecule has 4 nitrogen and oxygen atoms in total. The predicted molar refractivity (Wildman–Crippen MR) is 89.5 cm³/mol. The van der Waals surface area contributed by atoms with Crippen LogP contribution in [0.1, 0.15) is 59.8 Å². The zero-order chi connectivity index (χ0) is 16.3. The van der Waals surface area contributed by atoms with Gasteiger partial charge in [-0.3, -0.25) is 4.79 Å². The van der Waals surface area contributed by atoms with Crippen LogP contribution in [0.2, 0.25) is 0 Å². The average molecular weight is 300 g/mol.